The number of carbonyl (C=O) groups excluding carboxylic acids is 6. The van der Waals surface area contributed by atoms with Gasteiger partial charge in [-0.05, 0) is 116 Å². The number of nitrogens with two attached hydrogens (primary N) is 2. The summed E-state index contributed by atoms with van der Waals surface area (Å²) in [4.78, 5) is 96.4. The second-order valence-corrected chi connectivity index (χ2v) is 18.8. The lowest BCUT2D eigenvalue weighted by atomic mass is 9.95. The molecule has 0 fully saturated rings. The number of phenols is 3. The molecule has 0 saturated carbocycles. The molecule has 0 saturated heterocycles. The lowest BCUT2D eigenvalue weighted by molar-refractivity contribution is -0.142. The maximum absolute atomic E-state index is 14.4. The van der Waals surface area contributed by atoms with Crippen molar-refractivity contribution in [2.24, 2.45) is 29.2 Å². The molecule has 6 amide bonds. The van der Waals surface area contributed by atoms with E-state index in [9.17, 15) is 54.0 Å². The third kappa shape index (κ3) is 19.7. The number of aliphatic carboxylic acids is 1. The molecule has 19 heteroatoms. The van der Waals surface area contributed by atoms with Crippen molar-refractivity contribution < 1.29 is 54.0 Å². The van der Waals surface area contributed by atoms with Crippen molar-refractivity contribution in [1.82, 2.24) is 31.9 Å². The van der Waals surface area contributed by atoms with Crippen LogP contribution in [0.4, 0.5) is 0 Å². The van der Waals surface area contributed by atoms with E-state index in [0.717, 1.165) is 0 Å². The van der Waals surface area contributed by atoms with Gasteiger partial charge >= 0.3 is 5.97 Å². The molecule has 8 atom stereocenters. The summed E-state index contributed by atoms with van der Waals surface area (Å²) in [6.45, 7) is 11.3. The van der Waals surface area contributed by atoms with Crippen molar-refractivity contribution in [2.75, 3.05) is 6.54 Å². The van der Waals surface area contributed by atoms with Crippen LogP contribution < -0.4 is 43.4 Å². The van der Waals surface area contributed by atoms with Crippen molar-refractivity contribution in [2.45, 2.75) is 142 Å². The average Bonchev–Trinajstić information content (AvgIpc) is 3.30. The van der Waals surface area contributed by atoms with Gasteiger partial charge in [0, 0.05) is 12.8 Å². The summed E-state index contributed by atoms with van der Waals surface area (Å²) < 4.78 is 0. The summed E-state index contributed by atoms with van der Waals surface area (Å²) in [5.41, 5.74) is 13.7. The van der Waals surface area contributed by atoms with Gasteiger partial charge in [0.2, 0.25) is 35.4 Å². The van der Waals surface area contributed by atoms with Gasteiger partial charge in [-0.1, -0.05) is 84.4 Å². The predicted octanol–water partition coefficient (Wildman–Crippen LogP) is 2.42. The van der Waals surface area contributed by atoms with Crippen LogP contribution in [0, 0.1) is 17.8 Å². The van der Waals surface area contributed by atoms with Gasteiger partial charge in [0.05, 0.1) is 6.04 Å². The number of unbranched alkanes of at least 4 members (excludes halogenated alkanes) is 1. The van der Waals surface area contributed by atoms with E-state index >= 15 is 0 Å². The van der Waals surface area contributed by atoms with Crippen LogP contribution in [0.5, 0.6) is 17.2 Å². The molecule has 384 valence electrons. The molecule has 0 bridgehead atoms. The number of carbonyl (C=O) groups is 7. The molecule has 0 aromatic heterocycles. The summed E-state index contributed by atoms with van der Waals surface area (Å²) >= 11 is 0. The molecular formula is C51H74N8O11. The van der Waals surface area contributed by atoms with E-state index in [1.807, 2.05) is 34.6 Å². The second kappa shape index (κ2) is 28.7. The Bertz CT molecular complexity index is 2170. The van der Waals surface area contributed by atoms with Crippen molar-refractivity contribution >= 4 is 41.4 Å². The fourth-order valence-corrected chi connectivity index (χ4v) is 7.60. The van der Waals surface area contributed by atoms with E-state index in [4.69, 9.17) is 11.5 Å². The minimum Gasteiger partial charge on any atom is -0.508 e. The Labute approximate surface area is 410 Å². The number of benzene rings is 3. The summed E-state index contributed by atoms with van der Waals surface area (Å²) in [5.74, 6) is -6.22. The predicted molar refractivity (Wildman–Crippen MR) is 264 cm³/mol. The Morgan fingerprint density at radius 3 is 1.30 bits per heavy atom. The first kappa shape index (κ1) is 57.6. The first-order valence-electron chi connectivity index (χ1n) is 23.9. The number of phenolic OH excluding ortho intramolecular Hbond substituents is 3. The van der Waals surface area contributed by atoms with Crippen molar-refractivity contribution in [3.63, 3.8) is 0 Å². The van der Waals surface area contributed by atoms with Gasteiger partial charge < -0.3 is 63.8 Å². The monoisotopic (exact) mass is 975 g/mol. The molecule has 14 N–H and O–H groups in total. The van der Waals surface area contributed by atoms with Crippen molar-refractivity contribution in [3.05, 3.63) is 89.5 Å². The minimum atomic E-state index is -1.40. The highest BCUT2D eigenvalue weighted by Gasteiger charge is 2.36. The molecule has 0 aliphatic carbocycles. The molecule has 3 aromatic rings. The number of carboxylic acids is 1. The Kier molecular flexibility index (Phi) is 23.6. The van der Waals surface area contributed by atoms with E-state index in [-0.39, 0.29) is 74.2 Å². The van der Waals surface area contributed by atoms with Gasteiger partial charge in [0.15, 0.2) is 0 Å². The highest BCUT2D eigenvalue weighted by Crippen LogP contribution is 2.17. The Morgan fingerprint density at radius 2 is 0.857 bits per heavy atom. The Hall–Kier alpha value is -6.73. The third-order valence-corrected chi connectivity index (χ3v) is 11.8. The topological polar surface area (TPSA) is 325 Å². The molecule has 19 nitrogen and oxygen atoms in total. The number of aromatic hydroxyl groups is 3. The van der Waals surface area contributed by atoms with E-state index < -0.39 is 89.6 Å². The second-order valence-electron chi connectivity index (χ2n) is 18.8. The van der Waals surface area contributed by atoms with E-state index in [0.29, 0.717) is 36.0 Å². The summed E-state index contributed by atoms with van der Waals surface area (Å²) in [6, 6.07) is 9.49. The zero-order valence-electron chi connectivity index (χ0n) is 41.1. The van der Waals surface area contributed by atoms with Crippen LogP contribution in [-0.4, -0.2) is 111 Å². The normalized spacial score (nSPS) is 14.7. The number of amides is 6. The van der Waals surface area contributed by atoms with Crippen molar-refractivity contribution in [3.8, 4) is 17.2 Å². The maximum atomic E-state index is 14.4. The number of hydrogen-bond donors (Lipinski definition) is 12. The fraction of sp³-hybridized carbons (Fsp3) is 0.510. The molecule has 0 aliphatic heterocycles. The molecule has 0 unspecified atom stereocenters. The average molecular weight is 975 g/mol. The van der Waals surface area contributed by atoms with Crippen LogP contribution in [0.25, 0.3) is 0 Å². The zero-order chi connectivity index (χ0) is 52.1. The lowest BCUT2D eigenvalue weighted by Gasteiger charge is -2.30. The first-order chi connectivity index (χ1) is 33.1. The van der Waals surface area contributed by atoms with Gasteiger partial charge in [-0.3, -0.25) is 28.8 Å². The van der Waals surface area contributed by atoms with Crippen LogP contribution in [0.3, 0.4) is 0 Å². The molecule has 0 radical (unpaired) electrons. The summed E-state index contributed by atoms with van der Waals surface area (Å²) in [7, 11) is 0. The first-order valence-corrected chi connectivity index (χ1v) is 23.9. The smallest absolute Gasteiger partial charge is 0.326 e. The minimum absolute atomic E-state index is 0.0196. The quantitative estimate of drug-likeness (QED) is 0.0446. The fourth-order valence-electron chi connectivity index (χ4n) is 7.60. The SMILES string of the molecule is CC[C@H](C)[C@H](NC(=O)[C@H](CC(C)C)NC(=O)[C@@H](N)Cc1ccc(O)cc1)C(=O)N[C@@H](CC(C)C)C(=O)N[C@@H](Cc1ccc(O)cc1)C(=O)N[C@@H](CCCCN)C(=O)N[C@@H](Cc1ccc(O)cc1)C(=O)O. The summed E-state index contributed by atoms with van der Waals surface area (Å²) in [5, 5.41) is 55.7. The Balaban J connectivity index is 1.88. The molecule has 3 rings (SSSR count). The van der Waals surface area contributed by atoms with Gasteiger partial charge in [0.1, 0.15) is 53.5 Å². The van der Waals surface area contributed by atoms with Crippen LogP contribution in [0.2, 0.25) is 0 Å². The van der Waals surface area contributed by atoms with Crippen LogP contribution in [0.15, 0.2) is 72.8 Å². The highest BCUT2D eigenvalue weighted by atomic mass is 16.4. The Morgan fingerprint density at radius 1 is 0.486 bits per heavy atom. The van der Waals surface area contributed by atoms with Crippen LogP contribution in [-0.2, 0) is 52.8 Å². The van der Waals surface area contributed by atoms with E-state index in [1.54, 1.807) is 31.2 Å². The largest absolute Gasteiger partial charge is 0.508 e. The van der Waals surface area contributed by atoms with Gasteiger partial charge in [0.25, 0.3) is 0 Å². The molecule has 70 heavy (non-hydrogen) atoms. The third-order valence-electron chi connectivity index (χ3n) is 11.8. The number of rotatable bonds is 29. The molecular weight excluding hydrogens is 901 g/mol. The maximum Gasteiger partial charge on any atom is 0.326 e. The number of nitrogens with one attached hydrogen (secondary N) is 6. The van der Waals surface area contributed by atoms with Crippen LogP contribution >= 0.6 is 0 Å². The zero-order valence-corrected chi connectivity index (χ0v) is 41.1. The highest BCUT2D eigenvalue weighted by molar-refractivity contribution is 5.97. The van der Waals surface area contributed by atoms with Crippen LogP contribution in [0.1, 0.15) is 96.8 Å². The standard InChI is InChI=1S/C51H74N8O11/c1-7-31(6)44(59-49(67)41(25-30(4)5)55-45(63)38(53)26-32-11-17-35(60)18-12-32)50(68)57-40(24-29(2)3)47(65)56-42(27-33-13-19-36(61)20-14-33)48(66)54-39(10-8-9-23-52)46(64)58-43(51(69)70)28-34-15-21-37(62)22-16-34/h11-22,29-31,38-44,60-62H,7-10,23-28,52-53H2,1-6H3,(H,54,66)(H,55,63)(H,56,65)(H,57,68)(H,58,64)(H,59,67)(H,69,70)/t31-,38-,39-,40-,41-,42-,43-,44-/m0/s1. The van der Waals surface area contributed by atoms with E-state index in [2.05, 4.69) is 31.9 Å². The molecule has 0 spiro atoms. The number of carboxylic acid groups (broad SMARTS) is 1. The lowest BCUT2D eigenvalue weighted by Crippen LogP contribution is -2.61. The molecule has 0 aliphatic rings. The molecule has 0 heterocycles. The van der Waals surface area contributed by atoms with Gasteiger partial charge in [-0.25, -0.2) is 4.79 Å². The van der Waals surface area contributed by atoms with Crippen molar-refractivity contribution in [1.29, 1.82) is 0 Å². The number of hydrogen-bond acceptors (Lipinski definition) is 12. The van der Waals surface area contributed by atoms with Gasteiger partial charge in [-0.2, -0.15) is 0 Å². The van der Waals surface area contributed by atoms with E-state index in [1.165, 1.54) is 48.5 Å². The molecule has 3 aromatic carbocycles. The summed E-state index contributed by atoms with van der Waals surface area (Å²) in [6.07, 6.45) is 1.61. The van der Waals surface area contributed by atoms with Gasteiger partial charge in [-0.15, -0.1) is 0 Å².